The summed E-state index contributed by atoms with van der Waals surface area (Å²) in [4.78, 5) is 23.2. The standard InChI is InChI=1S/C22H19Br4NO3.C4H10NO3PS/c1-21(2)17(19(23)22(24,25)26)18(21)20(28)30-16(12-27)13-7-6-10-15(11-13)29-14-8-4-3-5-9-14;1-4(6)5-9(7,8-2)10-3/h3-11,16-19H,1-2H3;1-3H3,(H,5,6,7)/t16-,17-,18+,19?;/m1./s1. The normalized spacial score (nSPS) is 20.3. The summed E-state index contributed by atoms with van der Waals surface area (Å²) in [6, 6.07) is 18.5. The Bertz CT molecular complexity index is 1260. The van der Waals surface area contributed by atoms with Crippen molar-refractivity contribution in [2.24, 2.45) is 17.3 Å². The van der Waals surface area contributed by atoms with Crippen molar-refractivity contribution < 1.29 is 28.2 Å². The summed E-state index contributed by atoms with van der Waals surface area (Å²) in [6.45, 7) is 2.41. The molecular formula is C26H29Br4N2O6PS. The second-order valence-electron chi connectivity index (χ2n) is 9.23. The smallest absolute Gasteiger partial charge is 0.352 e. The first-order chi connectivity index (χ1) is 18.6. The highest BCUT2D eigenvalue weighted by molar-refractivity contribution is 9.40. The van der Waals surface area contributed by atoms with E-state index < -0.39 is 15.0 Å². The summed E-state index contributed by atoms with van der Waals surface area (Å²) in [5, 5.41) is 11.9. The second-order valence-corrected chi connectivity index (χ2v) is 21.7. The molecule has 0 aromatic heterocycles. The number of carbonyl (C=O) groups excluding carboxylic acids is 2. The second kappa shape index (κ2) is 15.0. The average Bonchev–Trinajstić information content (AvgIpc) is 3.48. The maximum absolute atomic E-state index is 12.9. The van der Waals surface area contributed by atoms with Gasteiger partial charge in [0.25, 0.3) is 0 Å². The number of para-hydroxylation sites is 1. The Balaban J connectivity index is 0.000000478. The molecule has 8 nitrogen and oxygen atoms in total. The lowest BCUT2D eigenvalue weighted by Crippen LogP contribution is -2.23. The van der Waals surface area contributed by atoms with Crippen molar-refractivity contribution in [2.45, 2.75) is 33.8 Å². The number of carbonyl (C=O) groups is 2. The van der Waals surface area contributed by atoms with E-state index in [2.05, 4.69) is 79.4 Å². The Kier molecular flexibility index (Phi) is 13.3. The molecule has 1 amide bonds. The van der Waals surface area contributed by atoms with Crippen LogP contribution in [-0.4, -0.2) is 32.2 Å². The van der Waals surface area contributed by atoms with Gasteiger partial charge in [-0.1, -0.05) is 119 Å². The highest BCUT2D eigenvalue weighted by Crippen LogP contribution is 2.66. The number of benzene rings is 2. The molecule has 3 rings (SSSR count). The predicted molar refractivity (Wildman–Crippen MR) is 172 cm³/mol. The highest BCUT2D eigenvalue weighted by Gasteiger charge is 2.67. The van der Waals surface area contributed by atoms with Gasteiger partial charge < -0.3 is 14.0 Å². The van der Waals surface area contributed by atoms with E-state index in [0.29, 0.717) is 17.1 Å². The molecular weight excluding hydrogens is 819 g/mol. The largest absolute Gasteiger partial charge is 0.457 e. The summed E-state index contributed by atoms with van der Waals surface area (Å²) in [7, 11) is 1.30. The Hall–Kier alpha value is -0.870. The minimum atomic E-state index is -2.92. The number of rotatable bonds is 9. The number of amides is 1. The first-order valence-electron chi connectivity index (χ1n) is 11.7. The average molecular weight is 848 g/mol. The molecule has 2 aromatic rings. The number of alkyl halides is 4. The van der Waals surface area contributed by atoms with Gasteiger partial charge in [0.05, 0.1) is 10.7 Å². The number of nitrogens with zero attached hydrogens (tertiary/aromatic N) is 1. The van der Waals surface area contributed by atoms with Gasteiger partial charge in [-0.3, -0.25) is 19.2 Å². The Morgan fingerprint density at radius 3 is 2.20 bits per heavy atom. The lowest BCUT2D eigenvalue weighted by molar-refractivity contribution is -0.149. The molecule has 0 radical (unpaired) electrons. The van der Waals surface area contributed by atoms with Crippen LogP contribution in [0.25, 0.3) is 0 Å². The van der Waals surface area contributed by atoms with Crippen molar-refractivity contribution >= 4 is 93.7 Å². The van der Waals surface area contributed by atoms with E-state index in [-0.39, 0.29) is 34.0 Å². The zero-order chi connectivity index (χ0) is 30.3. The van der Waals surface area contributed by atoms with Gasteiger partial charge in [0.2, 0.25) is 12.0 Å². The van der Waals surface area contributed by atoms with Gasteiger partial charge in [-0.2, -0.15) is 5.26 Å². The molecule has 0 saturated heterocycles. The quantitative estimate of drug-likeness (QED) is 0.152. The summed E-state index contributed by atoms with van der Waals surface area (Å²) < 4.78 is 26.7. The van der Waals surface area contributed by atoms with Gasteiger partial charge in [-0.25, -0.2) is 0 Å². The third-order valence-corrected chi connectivity index (χ3v) is 14.4. The van der Waals surface area contributed by atoms with E-state index in [1.807, 2.05) is 44.2 Å². The molecule has 1 saturated carbocycles. The number of hydrogen-bond donors (Lipinski definition) is 1. The Labute approximate surface area is 272 Å². The van der Waals surface area contributed by atoms with Crippen LogP contribution in [0.5, 0.6) is 11.5 Å². The number of hydrogen-bond acceptors (Lipinski definition) is 8. The Morgan fingerprint density at radius 2 is 1.73 bits per heavy atom. The van der Waals surface area contributed by atoms with Gasteiger partial charge in [0.1, 0.15) is 19.7 Å². The van der Waals surface area contributed by atoms with Crippen LogP contribution in [0.2, 0.25) is 0 Å². The van der Waals surface area contributed by atoms with Gasteiger partial charge in [0.15, 0.2) is 0 Å². The van der Waals surface area contributed by atoms with E-state index in [4.69, 9.17) is 9.47 Å². The number of ether oxygens (including phenoxy) is 2. The minimum Gasteiger partial charge on any atom is -0.457 e. The van der Waals surface area contributed by atoms with E-state index in [0.717, 1.165) is 11.4 Å². The molecule has 5 atom stereocenters. The molecule has 1 aliphatic carbocycles. The van der Waals surface area contributed by atoms with Crippen LogP contribution in [0.3, 0.4) is 0 Å². The van der Waals surface area contributed by atoms with Crippen LogP contribution in [-0.2, 0) is 23.4 Å². The fraction of sp³-hybridized carbons (Fsp3) is 0.423. The van der Waals surface area contributed by atoms with Crippen molar-refractivity contribution in [1.82, 2.24) is 5.09 Å². The molecule has 0 heterocycles. The van der Waals surface area contributed by atoms with Crippen molar-refractivity contribution in [3.63, 3.8) is 0 Å². The van der Waals surface area contributed by atoms with Gasteiger partial charge >= 0.3 is 12.7 Å². The van der Waals surface area contributed by atoms with E-state index in [1.165, 1.54) is 14.0 Å². The molecule has 2 unspecified atom stereocenters. The zero-order valence-electron chi connectivity index (χ0n) is 22.3. The number of nitrogens with one attached hydrogen (secondary N) is 1. The molecule has 0 bridgehead atoms. The first-order valence-corrected chi connectivity index (χ1v) is 18.5. The minimum absolute atomic E-state index is 0.0233. The molecule has 1 fully saturated rings. The third kappa shape index (κ3) is 9.85. The van der Waals surface area contributed by atoms with Gasteiger partial charge in [0, 0.05) is 19.6 Å². The fourth-order valence-electron chi connectivity index (χ4n) is 3.96. The molecule has 1 aliphatic rings. The highest BCUT2D eigenvalue weighted by atomic mass is 80.0. The van der Waals surface area contributed by atoms with E-state index >= 15 is 0 Å². The molecule has 0 aliphatic heterocycles. The maximum Gasteiger partial charge on any atom is 0.352 e. The Morgan fingerprint density at radius 1 is 1.12 bits per heavy atom. The van der Waals surface area contributed by atoms with Crippen LogP contribution < -0.4 is 9.82 Å². The van der Waals surface area contributed by atoms with Crippen molar-refractivity contribution in [3.8, 4) is 17.6 Å². The fourth-order valence-corrected chi connectivity index (χ4v) is 7.63. The van der Waals surface area contributed by atoms with E-state index in [1.54, 1.807) is 30.5 Å². The van der Waals surface area contributed by atoms with Crippen LogP contribution in [0.15, 0.2) is 54.6 Å². The van der Waals surface area contributed by atoms with Crippen molar-refractivity contribution in [3.05, 3.63) is 60.2 Å². The van der Waals surface area contributed by atoms with Crippen LogP contribution in [0.1, 0.15) is 32.4 Å². The monoisotopic (exact) mass is 844 g/mol. The summed E-state index contributed by atoms with van der Waals surface area (Å²) in [5.74, 6) is 0.229. The SMILES string of the molecule is CC1(C)[C@H](C(=O)O[C@H](C#N)c2cccc(Oc3ccccc3)c2)[C@@H]1C(Br)C(Br)(Br)Br.COP(=O)(NC(C)=O)SC. The van der Waals surface area contributed by atoms with Gasteiger partial charge in [-0.05, 0) is 41.9 Å². The lowest BCUT2D eigenvalue weighted by atomic mass is 10.1. The topological polar surface area (TPSA) is 115 Å². The molecule has 40 heavy (non-hydrogen) atoms. The molecule has 0 spiro atoms. The predicted octanol–water partition coefficient (Wildman–Crippen LogP) is 8.70. The number of esters is 1. The first kappa shape index (κ1) is 35.3. The number of halogens is 4. The summed E-state index contributed by atoms with van der Waals surface area (Å²) in [6.07, 6.45) is 0.601. The summed E-state index contributed by atoms with van der Waals surface area (Å²) in [5.41, 5.74) is 0.310. The zero-order valence-corrected chi connectivity index (χ0v) is 30.3. The van der Waals surface area contributed by atoms with E-state index in [9.17, 15) is 19.4 Å². The summed E-state index contributed by atoms with van der Waals surface area (Å²) >= 11 is 15.2. The van der Waals surface area contributed by atoms with Crippen molar-refractivity contribution in [2.75, 3.05) is 13.4 Å². The van der Waals surface area contributed by atoms with Crippen LogP contribution in [0.4, 0.5) is 0 Å². The van der Waals surface area contributed by atoms with Gasteiger partial charge in [-0.15, -0.1) is 0 Å². The van der Waals surface area contributed by atoms with Crippen LogP contribution >= 0.6 is 81.8 Å². The molecule has 14 heteroatoms. The maximum atomic E-state index is 12.9. The van der Waals surface area contributed by atoms with Crippen molar-refractivity contribution in [1.29, 1.82) is 5.26 Å². The van der Waals surface area contributed by atoms with Crippen LogP contribution in [0, 0.1) is 28.6 Å². The molecule has 1 N–H and O–H groups in total. The molecule has 218 valence electrons. The lowest BCUT2D eigenvalue weighted by Gasteiger charge is -2.21. The third-order valence-electron chi connectivity index (χ3n) is 6.06. The molecule has 2 aromatic carbocycles. The number of nitriles is 1.